The lowest BCUT2D eigenvalue weighted by molar-refractivity contribution is 0.0928. The van der Waals surface area contributed by atoms with Crippen molar-refractivity contribution in [2.45, 2.75) is 26.7 Å². The Balaban J connectivity index is 2.45. The summed E-state index contributed by atoms with van der Waals surface area (Å²) >= 11 is 0. The van der Waals surface area contributed by atoms with E-state index in [0.717, 1.165) is 6.42 Å². The molecular formula is C11H19N3O3. The molecule has 1 heterocycles. The van der Waals surface area contributed by atoms with Gasteiger partial charge in [0.2, 0.25) is 0 Å². The molecule has 1 rings (SSSR count). The smallest absolute Gasteiger partial charge is 0.323 e. The van der Waals surface area contributed by atoms with Crippen molar-refractivity contribution in [3.63, 3.8) is 0 Å². The van der Waals surface area contributed by atoms with Crippen LogP contribution in [-0.4, -0.2) is 34.1 Å². The Kier molecular flexibility index (Phi) is 4.51. The molecule has 0 saturated heterocycles. The van der Waals surface area contributed by atoms with Gasteiger partial charge in [-0.2, -0.15) is 0 Å². The second-order valence-electron chi connectivity index (χ2n) is 4.83. The van der Waals surface area contributed by atoms with Gasteiger partial charge in [-0.15, -0.1) is 0 Å². The first kappa shape index (κ1) is 13.5. The fraction of sp³-hybridized carbons (Fsp3) is 0.636. The molecule has 6 heteroatoms. The van der Waals surface area contributed by atoms with Crippen LogP contribution in [0.2, 0.25) is 0 Å². The summed E-state index contributed by atoms with van der Waals surface area (Å²) in [6, 6.07) is 0. The minimum Gasteiger partial charge on any atom is -0.396 e. The van der Waals surface area contributed by atoms with E-state index in [2.05, 4.69) is 15.3 Å². The van der Waals surface area contributed by atoms with E-state index in [-0.39, 0.29) is 23.6 Å². The number of imidazole rings is 1. The Labute approximate surface area is 99.4 Å². The number of aromatic amines is 2. The number of aliphatic hydroxyl groups excluding tert-OH is 1. The van der Waals surface area contributed by atoms with Crippen molar-refractivity contribution >= 4 is 5.91 Å². The molecule has 6 nitrogen and oxygen atoms in total. The van der Waals surface area contributed by atoms with Crippen molar-refractivity contribution < 1.29 is 9.90 Å². The van der Waals surface area contributed by atoms with Gasteiger partial charge in [-0.3, -0.25) is 4.79 Å². The maximum absolute atomic E-state index is 11.6. The Hall–Kier alpha value is -1.56. The minimum absolute atomic E-state index is 0.0744. The van der Waals surface area contributed by atoms with Crippen molar-refractivity contribution in [3.8, 4) is 0 Å². The van der Waals surface area contributed by atoms with Crippen LogP contribution in [0.15, 0.2) is 11.0 Å². The maximum Gasteiger partial charge on any atom is 0.323 e. The van der Waals surface area contributed by atoms with Crippen LogP contribution in [0.25, 0.3) is 0 Å². The first-order valence-corrected chi connectivity index (χ1v) is 5.61. The summed E-state index contributed by atoms with van der Waals surface area (Å²) in [6.07, 6.45) is 2.88. The summed E-state index contributed by atoms with van der Waals surface area (Å²) in [5.74, 6) is -0.305. The van der Waals surface area contributed by atoms with Crippen molar-refractivity contribution in [1.29, 1.82) is 0 Å². The second kappa shape index (κ2) is 5.67. The molecule has 0 saturated carbocycles. The van der Waals surface area contributed by atoms with Gasteiger partial charge in [0.1, 0.15) is 5.69 Å². The molecule has 0 aliphatic heterocycles. The van der Waals surface area contributed by atoms with Crippen LogP contribution in [0.4, 0.5) is 0 Å². The zero-order valence-corrected chi connectivity index (χ0v) is 10.2. The molecule has 96 valence electrons. The molecule has 1 amide bonds. The number of rotatable bonds is 6. The molecule has 0 spiro atoms. The monoisotopic (exact) mass is 241 g/mol. The molecule has 0 aliphatic carbocycles. The molecule has 1 aromatic rings. The average molecular weight is 241 g/mol. The molecule has 0 aromatic carbocycles. The van der Waals surface area contributed by atoms with Gasteiger partial charge in [-0.25, -0.2) is 4.79 Å². The van der Waals surface area contributed by atoms with Crippen LogP contribution in [0.3, 0.4) is 0 Å². The van der Waals surface area contributed by atoms with Crippen molar-refractivity contribution in [2.24, 2.45) is 5.41 Å². The Morgan fingerprint density at radius 2 is 2.24 bits per heavy atom. The number of aliphatic hydroxyl groups is 1. The normalized spacial score (nSPS) is 11.5. The molecule has 0 fully saturated rings. The van der Waals surface area contributed by atoms with E-state index in [4.69, 9.17) is 5.11 Å². The summed E-state index contributed by atoms with van der Waals surface area (Å²) < 4.78 is 0. The third-order valence-corrected chi connectivity index (χ3v) is 2.58. The molecule has 0 unspecified atom stereocenters. The van der Waals surface area contributed by atoms with Gasteiger partial charge in [0.05, 0.1) is 0 Å². The predicted molar refractivity (Wildman–Crippen MR) is 63.8 cm³/mol. The van der Waals surface area contributed by atoms with E-state index in [9.17, 15) is 9.59 Å². The topological polar surface area (TPSA) is 98.0 Å². The Morgan fingerprint density at radius 1 is 1.53 bits per heavy atom. The molecule has 1 aromatic heterocycles. The van der Waals surface area contributed by atoms with Gasteiger partial charge in [-0.1, -0.05) is 13.8 Å². The molecule has 0 atom stereocenters. The molecule has 0 aliphatic rings. The largest absolute Gasteiger partial charge is 0.396 e. The number of amides is 1. The quantitative estimate of drug-likeness (QED) is 0.574. The fourth-order valence-corrected chi connectivity index (χ4v) is 1.52. The first-order valence-electron chi connectivity index (χ1n) is 5.61. The highest BCUT2D eigenvalue weighted by Gasteiger charge is 2.19. The summed E-state index contributed by atoms with van der Waals surface area (Å²) in [5.41, 5.74) is -0.239. The second-order valence-corrected chi connectivity index (χ2v) is 4.83. The number of nitrogens with one attached hydrogen (secondary N) is 3. The summed E-state index contributed by atoms with van der Waals surface area (Å²) in [7, 11) is 0. The number of aromatic nitrogens is 2. The number of hydrogen-bond donors (Lipinski definition) is 4. The number of carbonyl (C=O) groups is 1. The van der Waals surface area contributed by atoms with Gasteiger partial charge in [0, 0.05) is 19.3 Å². The first-order chi connectivity index (χ1) is 7.94. The van der Waals surface area contributed by atoms with E-state index >= 15 is 0 Å². The van der Waals surface area contributed by atoms with Gasteiger partial charge in [0.25, 0.3) is 5.91 Å². The summed E-state index contributed by atoms with van der Waals surface area (Å²) in [4.78, 5) is 27.2. The maximum atomic E-state index is 11.6. The minimum atomic E-state index is -0.394. The fourth-order valence-electron chi connectivity index (χ4n) is 1.52. The SMILES string of the molecule is CC(C)(CCCO)CNC(=O)c1c[nH]c(=O)[nH]1. The molecule has 0 bridgehead atoms. The number of hydrogen-bond acceptors (Lipinski definition) is 3. The zero-order valence-electron chi connectivity index (χ0n) is 10.2. The van der Waals surface area contributed by atoms with E-state index in [1.165, 1.54) is 6.20 Å². The van der Waals surface area contributed by atoms with Crippen LogP contribution in [0.5, 0.6) is 0 Å². The Morgan fingerprint density at radius 3 is 2.76 bits per heavy atom. The van der Waals surface area contributed by atoms with E-state index in [0.29, 0.717) is 13.0 Å². The van der Waals surface area contributed by atoms with E-state index < -0.39 is 5.69 Å². The highest BCUT2D eigenvalue weighted by molar-refractivity contribution is 5.91. The number of carbonyl (C=O) groups excluding carboxylic acids is 1. The lowest BCUT2D eigenvalue weighted by Crippen LogP contribution is -2.34. The van der Waals surface area contributed by atoms with E-state index in [1.54, 1.807) is 0 Å². The third-order valence-electron chi connectivity index (χ3n) is 2.58. The van der Waals surface area contributed by atoms with Gasteiger partial charge in [-0.05, 0) is 18.3 Å². The zero-order chi connectivity index (χ0) is 12.9. The predicted octanol–water partition coefficient (Wildman–Crippen LogP) is 0.231. The van der Waals surface area contributed by atoms with Crippen LogP contribution in [0, 0.1) is 5.41 Å². The lowest BCUT2D eigenvalue weighted by atomic mass is 9.88. The summed E-state index contributed by atoms with van der Waals surface area (Å²) in [6.45, 7) is 4.69. The molecular weight excluding hydrogens is 222 g/mol. The molecule has 4 N–H and O–H groups in total. The van der Waals surface area contributed by atoms with Crippen LogP contribution in [0.1, 0.15) is 37.2 Å². The molecule has 17 heavy (non-hydrogen) atoms. The van der Waals surface area contributed by atoms with Gasteiger partial charge < -0.3 is 20.4 Å². The van der Waals surface area contributed by atoms with Gasteiger partial charge >= 0.3 is 5.69 Å². The van der Waals surface area contributed by atoms with Crippen LogP contribution < -0.4 is 11.0 Å². The van der Waals surface area contributed by atoms with Crippen LogP contribution >= 0.6 is 0 Å². The molecule has 0 radical (unpaired) electrons. The van der Waals surface area contributed by atoms with Crippen molar-refractivity contribution in [3.05, 3.63) is 22.4 Å². The van der Waals surface area contributed by atoms with E-state index in [1.807, 2.05) is 13.8 Å². The summed E-state index contributed by atoms with van der Waals surface area (Å²) in [5, 5.41) is 11.5. The highest BCUT2D eigenvalue weighted by atomic mass is 16.3. The van der Waals surface area contributed by atoms with Gasteiger partial charge in [0.15, 0.2) is 0 Å². The Bertz CT molecular complexity index is 420. The third kappa shape index (κ3) is 4.44. The average Bonchev–Trinajstić information content (AvgIpc) is 2.70. The highest BCUT2D eigenvalue weighted by Crippen LogP contribution is 2.20. The van der Waals surface area contributed by atoms with Crippen LogP contribution in [-0.2, 0) is 0 Å². The van der Waals surface area contributed by atoms with Crippen molar-refractivity contribution in [1.82, 2.24) is 15.3 Å². The van der Waals surface area contributed by atoms with Crippen molar-refractivity contribution in [2.75, 3.05) is 13.2 Å². The standard InChI is InChI=1S/C11H19N3O3/c1-11(2,4-3-5-15)7-13-9(16)8-6-12-10(17)14-8/h6,15H,3-5,7H2,1-2H3,(H,13,16)(H2,12,14,17). The number of H-pyrrole nitrogens is 2. The lowest BCUT2D eigenvalue weighted by Gasteiger charge is -2.24.